The Labute approximate surface area is 144 Å². The van der Waals surface area contributed by atoms with E-state index >= 15 is 0 Å². The lowest BCUT2D eigenvalue weighted by Gasteiger charge is -2.26. The quantitative estimate of drug-likeness (QED) is 0.751. The fourth-order valence-electron chi connectivity index (χ4n) is 2.43. The molecule has 0 atom stereocenters. The Bertz CT molecular complexity index is 686. The molecule has 3 N–H and O–H groups in total. The number of hydrogen-bond donors (Lipinski definition) is 2. The third-order valence-electron chi connectivity index (χ3n) is 3.66. The molecule has 128 valence electrons. The van der Waals surface area contributed by atoms with Gasteiger partial charge in [0.05, 0.1) is 13.2 Å². The van der Waals surface area contributed by atoms with Crippen molar-refractivity contribution in [3.8, 4) is 0 Å². The van der Waals surface area contributed by atoms with Gasteiger partial charge < -0.3 is 20.7 Å². The van der Waals surface area contributed by atoms with Gasteiger partial charge in [0, 0.05) is 37.9 Å². The summed E-state index contributed by atoms with van der Waals surface area (Å²) in [4.78, 5) is 18.4. The Morgan fingerprint density at radius 3 is 2.96 bits per heavy atom. The molecule has 0 aromatic carbocycles. The van der Waals surface area contributed by atoms with Crippen LogP contribution in [-0.4, -0.2) is 58.8 Å². The molecule has 0 aliphatic carbocycles. The predicted molar refractivity (Wildman–Crippen MR) is 92.1 cm³/mol. The van der Waals surface area contributed by atoms with Crippen LogP contribution in [0.5, 0.6) is 0 Å². The zero-order valence-electron chi connectivity index (χ0n) is 13.3. The number of aryl methyl sites for hydroxylation is 1. The number of hydrogen-bond acceptors (Lipinski definition) is 8. The zero-order valence-corrected chi connectivity index (χ0v) is 14.1. The van der Waals surface area contributed by atoms with E-state index in [1.807, 2.05) is 6.07 Å². The first-order valence-electron chi connectivity index (χ1n) is 7.87. The highest BCUT2D eigenvalue weighted by molar-refractivity contribution is 7.15. The molecule has 0 spiro atoms. The van der Waals surface area contributed by atoms with Gasteiger partial charge in [0.15, 0.2) is 0 Å². The molecule has 2 aromatic heterocycles. The van der Waals surface area contributed by atoms with Gasteiger partial charge in [-0.1, -0.05) is 11.3 Å². The maximum atomic E-state index is 12.4. The number of morpholine rings is 1. The van der Waals surface area contributed by atoms with E-state index in [4.69, 9.17) is 10.5 Å². The molecule has 1 aliphatic rings. The second-order valence-electron chi connectivity index (χ2n) is 5.40. The lowest BCUT2D eigenvalue weighted by molar-refractivity contribution is 0.0299. The van der Waals surface area contributed by atoms with Crippen LogP contribution in [0.15, 0.2) is 18.3 Å². The minimum Gasteiger partial charge on any atom is -0.385 e. The van der Waals surface area contributed by atoms with Crippen molar-refractivity contribution in [2.45, 2.75) is 12.8 Å². The van der Waals surface area contributed by atoms with E-state index < -0.39 is 0 Å². The van der Waals surface area contributed by atoms with Gasteiger partial charge in [-0.15, -0.1) is 10.2 Å². The Balaban J connectivity index is 1.50. The maximum Gasteiger partial charge on any atom is 0.272 e. The number of rotatable bonds is 6. The summed E-state index contributed by atoms with van der Waals surface area (Å²) in [6, 6.07) is 3.65. The number of nitrogens with two attached hydrogens (primary N) is 1. The van der Waals surface area contributed by atoms with Crippen molar-refractivity contribution in [1.29, 1.82) is 0 Å². The molecular formula is C15H20N6O2S. The first kappa shape index (κ1) is 16.6. The summed E-state index contributed by atoms with van der Waals surface area (Å²) >= 11 is 1.41. The standard InChI is InChI=1S/C15H20N6O2S/c16-15-20-19-13(24-15)2-1-4-17-11-3-5-18-12(10-11)14(22)21-6-8-23-9-7-21/h3,5,10H,1-2,4,6-9H2,(H2,16,20)(H,17,18). The van der Waals surface area contributed by atoms with Crippen molar-refractivity contribution >= 4 is 28.1 Å². The summed E-state index contributed by atoms with van der Waals surface area (Å²) in [5, 5.41) is 12.5. The zero-order chi connectivity index (χ0) is 16.8. The summed E-state index contributed by atoms with van der Waals surface area (Å²) < 4.78 is 5.27. The maximum absolute atomic E-state index is 12.4. The van der Waals surface area contributed by atoms with Gasteiger partial charge in [0.2, 0.25) is 5.13 Å². The van der Waals surface area contributed by atoms with Gasteiger partial charge in [-0.3, -0.25) is 9.78 Å². The van der Waals surface area contributed by atoms with Crippen LogP contribution < -0.4 is 11.1 Å². The molecule has 1 saturated heterocycles. The lowest BCUT2D eigenvalue weighted by atomic mass is 10.2. The largest absolute Gasteiger partial charge is 0.385 e. The number of nitrogens with zero attached hydrogens (tertiary/aromatic N) is 4. The van der Waals surface area contributed by atoms with Crippen molar-refractivity contribution in [2.75, 3.05) is 43.9 Å². The Kier molecular flexibility index (Phi) is 5.55. The molecule has 0 bridgehead atoms. The Morgan fingerprint density at radius 2 is 2.21 bits per heavy atom. The molecule has 8 nitrogen and oxygen atoms in total. The fourth-order valence-corrected chi connectivity index (χ4v) is 3.08. The topological polar surface area (TPSA) is 106 Å². The molecule has 1 amide bonds. The average molecular weight is 348 g/mol. The van der Waals surface area contributed by atoms with E-state index in [0.717, 1.165) is 30.1 Å². The summed E-state index contributed by atoms with van der Waals surface area (Å²) in [6.45, 7) is 3.17. The molecule has 0 saturated carbocycles. The second kappa shape index (κ2) is 8.02. The van der Waals surface area contributed by atoms with Crippen LogP contribution in [0.3, 0.4) is 0 Å². The van der Waals surface area contributed by atoms with Crippen LogP contribution in [0.4, 0.5) is 10.8 Å². The van der Waals surface area contributed by atoms with Gasteiger partial charge >= 0.3 is 0 Å². The molecule has 3 heterocycles. The normalized spacial score (nSPS) is 14.6. The lowest BCUT2D eigenvalue weighted by Crippen LogP contribution is -2.41. The molecular weight excluding hydrogens is 328 g/mol. The molecule has 1 fully saturated rings. The van der Waals surface area contributed by atoms with Crippen LogP contribution in [0.1, 0.15) is 21.9 Å². The Morgan fingerprint density at radius 1 is 1.38 bits per heavy atom. The molecule has 3 rings (SSSR count). The van der Waals surface area contributed by atoms with Crippen LogP contribution >= 0.6 is 11.3 Å². The van der Waals surface area contributed by atoms with Crippen molar-refractivity contribution in [1.82, 2.24) is 20.1 Å². The number of anilines is 2. The average Bonchev–Trinajstić information content (AvgIpc) is 3.04. The number of ether oxygens (including phenoxy) is 1. The number of carbonyl (C=O) groups is 1. The minimum atomic E-state index is -0.0497. The van der Waals surface area contributed by atoms with E-state index in [0.29, 0.717) is 37.1 Å². The first-order valence-corrected chi connectivity index (χ1v) is 8.69. The number of amides is 1. The highest BCUT2D eigenvalue weighted by Crippen LogP contribution is 2.14. The van der Waals surface area contributed by atoms with Crippen molar-refractivity contribution in [3.05, 3.63) is 29.0 Å². The minimum absolute atomic E-state index is 0.0497. The highest BCUT2D eigenvalue weighted by Gasteiger charge is 2.19. The van der Waals surface area contributed by atoms with Gasteiger partial charge in [-0.05, 0) is 18.6 Å². The SMILES string of the molecule is Nc1nnc(CCCNc2ccnc(C(=O)N3CCOCC3)c2)s1. The molecule has 2 aromatic rings. The van der Waals surface area contributed by atoms with E-state index in [1.54, 1.807) is 17.2 Å². The smallest absolute Gasteiger partial charge is 0.272 e. The summed E-state index contributed by atoms with van der Waals surface area (Å²) in [5.41, 5.74) is 6.90. The first-order chi connectivity index (χ1) is 11.7. The fraction of sp³-hybridized carbons (Fsp3) is 0.467. The van der Waals surface area contributed by atoms with E-state index in [1.165, 1.54) is 11.3 Å². The second-order valence-corrected chi connectivity index (χ2v) is 6.49. The van der Waals surface area contributed by atoms with Crippen LogP contribution in [0, 0.1) is 0 Å². The highest BCUT2D eigenvalue weighted by atomic mass is 32.1. The van der Waals surface area contributed by atoms with Gasteiger partial charge in [0.25, 0.3) is 5.91 Å². The van der Waals surface area contributed by atoms with Crippen molar-refractivity contribution in [2.24, 2.45) is 0 Å². The Hall–Kier alpha value is -2.26. The van der Waals surface area contributed by atoms with Crippen LogP contribution in [0.2, 0.25) is 0 Å². The van der Waals surface area contributed by atoms with E-state index in [9.17, 15) is 4.79 Å². The summed E-state index contributed by atoms with van der Waals surface area (Å²) in [7, 11) is 0. The van der Waals surface area contributed by atoms with Crippen LogP contribution in [0.25, 0.3) is 0 Å². The molecule has 9 heteroatoms. The van der Waals surface area contributed by atoms with Gasteiger partial charge in [0.1, 0.15) is 10.7 Å². The number of nitrogens with one attached hydrogen (secondary N) is 1. The molecule has 1 aliphatic heterocycles. The van der Waals surface area contributed by atoms with Gasteiger partial charge in [-0.2, -0.15) is 0 Å². The summed E-state index contributed by atoms with van der Waals surface area (Å²) in [6.07, 6.45) is 3.39. The number of pyridine rings is 1. The third kappa shape index (κ3) is 4.39. The number of aromatic nitrogens is 3. The van der Waals surface area contributed by atoms with E-state index in [2.05, 4.69) is 20.5 Å². The molecule has 0 unspecified atom stereocenters. The van der Waals surface area contributed by atoms with Crippen molar-refractivity contribution < 1.29 is 9.53 Å². The van der Waals surface area contributed by atoms with Crippen LogP contribution in [-0.2, 0) is 11.2 Å². The monoisotopic (exact) mass is 348 g/mol. The predicted octanol–water partition coefficient (Wildman–Crippen LogP) is 1.03. The van der Waals surface area contributed by atoms with Gasteiger partial charge in [-0.25, -0.2) is 0 Å². The van der Waals surface area contributed by atoms with E-state index in [-0.39, 0.29) is 5.91 Å². The third-order valence-corrected chi connectivity index (χ3v) is 4.47. The molecule has 24 heavy (non-hydrogen) atoms. The van der Waals surface area contributed by atoms with Crippen molar-refractivity contribution in [3.63, 3.8) is 0 Å². The number of carbonyl (C=O) groups excluding carboxylic acids is 1. The summed E-state index contributed by atoms with van der Waals surface area (Å²) in [5.74, 6) is -0.0497. The molecule has 0 radical (unpaired) electrons. The number of nitrogen functional groups attached to an aromatic ring is 1.